The summed E-state index contributed by atoms with van der Waals surface area (Å²) >= 11 is 0. The summed E-state index contributed by atoms with van der Waals surface area (Å²) in [6.07, 6.45) is 0. The highest BCUT2D eigenvalue weighted by molar-refractivity contribution is 5.93. The number of hydrogen-bond donors (Lipinski definition) is 3. The Labute approximate surface area is 117 Å². The van der Waals surface area contributed by atoms with Crippen LogP contribution >= 0.6 is 0 Å². The predicted molar refractivity (Wildman–Crippen MR) is 83.7 cm³/mol. The highest BCUT2D eigenvalue weighted by Gasteiger charge is 2.01. The zero-order chi connectivity index (χ0) is 14.5. The van der Waals surface area contributed by atoms with Crippen LogP contribution in [0.3, 0.4) is 0 Å². The van der Waals surface area contributed by atoms with Crippen LogP contribution in [0.5, 0.6) is 0 Å². The summed E-state index contributed by atoms with van der Waals surface area (Å²) in [6, 6.07) is 15.9. The van der Waals surface area contributed by atoms with Crippen molar-refractivity contribution in [2.24, 2.45) is 27.2 Å². The van der Waals surface area contributed by atoms with Crippen LogP contribution in [0.4, 0.5) is 5.69 Å². The van der Waals surface area contributed by atoms with Crippen molar-refractivity contribution in [3.8, 4) is 11.1 Å². The zero-order valence-corrected chi connectivity index (χ0v) is 11.2. The van der Waals surface area contributed by atoms with E-state index in [0.717, 1.165) is 5.56 Å². The molecule has 5 heteroatoms. The molecule has 0 aliphatic rings. The Hall–Kier alpha value is -2.82. The number of aliphatic imine (C=N–C) groups is 2. The summed E-state index contributed by atoms with van der Waals surface area (Å²) in [5, 5.41) is 0. The van der Waals surface area contributed by atoms with Gasteiger partial charge < -0.3 is 17.2 Å². The van der Waals surface area contributed by atoms with Crippen LogP contribution in [0, 0.1) is 6.92 Å². The van der Waals surface area contributed by atoms with E-state index in [1.165, 1.54) is 11.1 Å². The van der Waals surface area contributed by atoms with E-state index in [0.29, 0.717) is 5.69 Å². The van der Waals surface area contributed by atoms with Gasteiger partial charge in [-0.2, -0.15) is 4.99 Å². The van der Waals surface area contributed by atoms with Gasteiger partial charge in [0.15, 0.2) is 5.96 Å². The molecule has 0 fully saturated rings. The minimum Gasteiger partial charge on any atom is -0.370 e. The molecule has 0 aromatic heterocycles. The van der Waals surface area contributed by atoms with Gasteiger partial charge in [0.05, 0.1) is 5.69 Å². The number of nitrogens with zero attached hydrogens (tertiary/aromatic N) is 2. The van der Waals surface area contributed by atoms with E-state index in [2.05, 4.69) is 29.0 Å². The predicted octanol–water partition coefficient (Wildman–Crippen LogP) is 1.88. The average molecular weight is 267 g/mol. The molecule has 6 N–H and O–H groups in total. The van der Waals surface area contributed by atoms with Crippen molar-refractivity contribution in [1.29, 1.82) is 0 Å². The number of hydrogen-bond acceptors (Lipinski definition) is 1. The highest BCUT2D eigenvalue weighted by atomic mass is 15.1. The van der Waals surface area contributed by atoms with Gasteiger partial charge in [0, 0.05) is 0 Å². The summed E-state index contributed by atoms with van der Waals surface area (Å²) < 4.78 is 0. The fourth-order valence-electron chi connectivity index (χ4n) is 1.90. The maximum Gasteiger partial charge on any atom is 0.223 e. The SMILES string of the molecule is Cc1ccccc1-c1ccc(N=C(N)N=C(N)N)cc1. The number of aryl methyl sites for hydroxylation is 1. The lowest BCUT2D eigenvalue weighted by molar-refractivity contribution is 1.38. The molecule has 2 aromatic carbocycles. The first kappa shape index (κ1) is 13.6. The van der Waals surface area contributed by atoms with Crippen molar-refractivity contribution in [1.82, 2.24) is 0 Å². The molecule has 0 unspecified atom stereocenters. The summed E-state index contributed by atoms with van der Waals surface area (Å²) in [6.45, 7) is 2.08. The normalized spacial score (nSPS) is 11.2. The van der Waals surface area contributed by atoms with Gasteiger partial charge in [-0.15, -0.1) is 0 Å². The van der Waals surface area contributed by atoms with E-state index in [1.54, 1.807) is 0 Å². The Morgan fingerprint density at radius 1 is 0.900 bits per heavy atom. The maximum atomic E-state index is 5.58. The largest absolute Gasteiger partial charge is 0.370 e. The Balaban J connectivity index is 2.28. The molecule has 2 aromatic rings. The van der Waals surface area contributed by atoms with Crippen LogP contribution in [0.1, 0.15) is 5.56 Å². The van der Waals surface area contributed by atoms with Crippen molar-refractivity contribution < 1.29 is 0 Å². The third-order valence-corrected chi connectivity index (χ3v) is 2.81. The van der Waals surface area contributed by atoms with E-state index in [9.17, 15) is 0 Å². The second-order valence-electron chi connectivity index (χ2n) is 4.37. The molecule has 0 radical (unpaired) electrons. The quantitative estimate of drug-likeness (QED) is 0.571. The van der Waals surface area contributed by atoms with Crippen LogP contribution in [-0.4, -0.2) is 11.9 Å². The van der Waals surface area contributed by atoms with Crippen molar-refractivity contribution in [2.45, 2.75) is 6.92 Å². The third kappa shape index (κ3) is 3.35. The first-order valence-corrected chi connectivity index (χ1v) is 6.16. The molecule has 0 aliphatic heterocycles. The number of benzene rings is 2. The van der Waals surface area contributed by atoms with Gasteiger partial charge in [0.2, 0.25) is 5.96 Å². The van der Waals surface area contributed by atoms with Gasteiger partial charge in [0.25, 0.3) is 0 Å². The topological polar surface area (TPSA) is 103 Å². The van der Waals surface area contributed by atoms with Crippen LogP contribution in [0.2, 0.25) is 0 Å². The minimum absolute atomic E-state index is 0.0358. The minimum atomic E-state index is -0.109. The standard InChI is InChI=1S/C15H17N5/c1-10-4-2-3-5-13(10)11-6-8-12(9-7-11)19-15(18)20-14(16)17/h2-9H,1H3,(H6,16,17,18,19,20). The molecule has 5 nitrogen and oxygen atoms in total. The lowest BCUT2D eigenvalue weighted by Crippen LogP contribution is -2.26. The molecular weight excluding hydrogens is 250 g/mol. The first-order valence-electron chi connectivity index (χ1n) is 6.16. The molecule has 0 aliphatic carbocycles. The number of nitrogens with two attached hydrogens (primary N) is 3. The number of rotatable bonds is 2. The Kier molecular flexibility index (Phi) is 4.00. The Morgan fingerprint density at radius 3 is 2.15 bits per heavy atom. The van der Waals surface area contributed by atoms with E-state index >= 15 is 0 Å². The van der Waals surface area contributed by atoms with Crippen LogP contribution < -0.4 is 17.2 Å². The van der Waals surface area contributed by atoms with E-state index in [1.807, 2.05) is 36.4 Å². The zero-order valence-electron chi connectivity index (χ0n) is 11.2. The lowest BCUT2D eigenvalue weighted by atomic mass is 10.0. The molecule has 0 spiro atoms. The molecule has 102 valence electrons. The maximum absolute atomic E-state index is 5.58. The highest BCUT2D eigenvalue weighted by Crippen LogP contribution is 2.25. The Morgan fingerprint density at radius 2 is 1.55 bits per heavy atom. The average Bonchev–Trinajstić information content (AvgIpc) is 2.39. The van der Waals surface area contributed by atoms with Crippen molar-refractivity contribution in [2.75, 3.05) is 0 Å². The summed E-state index contributed by atoms with van der Waals surface area (Å²) in [5.74, 6) is -0.0728. The van der Waals surface area contributed by atoms with E-state index < -0.39 is 0 Å². The monoisotopic (exact) mass is 267 g/mol. The second-order valence-corrected chi connectivity index (χ2v) is 4.37. The molecule has 0 bridgehead atoms. The van der Waals surface area contributed by atoms with Crippen molar-refractivity contribution >= 4 is 17.6 Å². The fraction of sp³-hybridized carbons (Fsp3) is 0.0667. The smallest absolute Gasteiger partial charge is 0.223 e. The molecule has 0 amide bonds. The molecule has 0 saturated carbocycles. The lowest BCUT2D eigenvalue weighted by Gasteiger charge is -2.05. The van der Waals surface area contributed by atoms with Crippen molar-refractivity contribution in [3.05, 3.63) is 54.1 Å². The van der Waals surface area contributed by atoms with Crippen LogP contribution in [0.25, 0.3) is 11.1 Å². The van der Waals surface area contributed by atoms with Gasteiger partial charge in [-0.3, -0.25) is 0 Å². The number of guanidine groups is 2. The van der Waals surface area contributed by atoms with Crippen LogP contribution in [-0.2, 0) is 0 Å². The summed E-state index contributed by atoms with van der Waals surface area (Å²) in [5.41, 5.74) is 20.3. The van der Waals surface area contributed by atoms with Gasteiger partial charge in [-0.25, -0.2) is 4.99 Å². The molecule has 0 saturated heterocycles. The Bertz CT molecular complexity index is 652. The van der Waals surface area contributed by atoms with E-state index in [4.69, 9.17) is 17.2 Å². The molecule has 0 heterocycles. The van der Waals surface area contributed by atoms with E-state index in [-0.39, 0.29) is 11.9 Å². The van der Waals surface area contributed by atoms with Crippen molar-refractivity contribution in [3.63, 3.8) is 0 Å². The summed E-state index contributed by atoms with van der Waals surface area (Å²) in [4.78, 5) is 7.77. The second kappa shape index (κ2) is 5.88. The molecular formula is C15H17N5. The molecule has 20 heavy (non-hydrogen) atoms. The molecule has 2 rings (SSSR count). The van der Waals surface area contributed by atoms with Gasteiger partial charge in [-0.1, -0.05) is 36.4 Å². The first-order chi connectivity index (χ1) is 9.56. The molecule has 0 atom stereocenters. The van der Waals surface area contributed by atoms with Crippen LogP contribution in [0.15, 0.2) is 58.5 Å². The van der Waals surface area contributed by atoms with Gasteiger partial charge >= 0.3 is 0 Å². The fourth-order valence-corrected chi connectivity index (χ4v) is 1.90. The summed E-state index contributed by atoms with van der Waals surface area (Å²) in [7, 11) is 0. The van der Waals surface area contributed by atoms with Gasteiger partial charge in [-0.05, 0) is 35.7 Å². The van der Waals surface area contributed by atoms with Gasteiger partial charge in [0.1, 0.15) is 0 Å². The third-order valence-electron chi connectivity index (χ3n) is 2.81.